The Labute approximate surface area is 409 Å². The predicted octanol–water partition coefficient (Wildman–Crippen LogP) is 12.9. The molecule has 0 aliphatic rings. The second-order valence-corrected chi connectivity index (χ2v) is 22.2. The van der Waals surface area contributed by atoms with Crippen LogP contribution in [0.3, 0.4) is 0 Å². The van der Waals surface area contributed by atoms with Crippen LogP contribution in [0.1, 0.15) is 84.7 Å². The summed E-state index contributed by atoms with van der Waals surface area (Å²) in [5.74, 6) is -3.14. The third kappa shape index (κ3) is 12.9. The summed E-state index contributed by atoms with van der Waals surface area (Å²) < 4.78 is 122. The molecule has 6 rings (SSSR count). The van der Waals surface area contributed by atoms with Crippen LogP contribution in [0.25, 0.3) is 11.6 Å². The van der Waals surface area contributed by atoms with Crippen molar-refractivity contribution in [3.8, 4) is 17.5 Å². The Hall–Kier alpha value is -6.58. The molecule has 71 heavy (non-hydrogen) atoms. The molecule has 0 saturated heterocycles. The Bertz CT molecular complexity index is 2610. The lowest BCUT2D eigenvalue weighted by molar-refractivity contribution is -0.299. The number of rotatable bonds is 17. The van der Waals surface area contributed by atoms with Crippen LogP contribution < -0.4 is 25.6 Å². The van der Waals surface area contributed by atoms with Crippen molar-refractivity contribution in [3.05, 3.63) is 157 Å². The number of pyridine rings is 1. The maximum absolute atomic E-state index is 15.5. The summed E-state index contributed by atoms with van der Waals surface area (Å²) in [6.07, 6.45) is -13.8. The van der Waals surface area contributed by atoms with Crippen LogP contribution in [0.2, 0.25) is 0 Å². The maximum atomic E-state index is 15.5. The molecule has 0 fully saturated rings. The monoisotopic (exact) mass is 1010 g/mol. The van der Waals surface area contributed by atoms with E-state index in [1.54, 1.807) is 37.3 Å². The van der Waals surface area contributed by atoms with Gasteiger partial charge in [-0.05, 0) is 109 Å². The number of alkyl halides is 6. The summed E-state index contributed by atoms with van der Waals surface area (Å²) in [5.41, 5.74) is -8.99. The zero-order valence-electron chi connectivity index (χ0n) is 40.4. The molecular weight excluding hydrogens is 950 g/mol. The third-order valence-corrected chi connectivity index (χ3v) is 15.4. The van der Waals surface area contributed by atoms with Crippen LogP contribution in [0.5, 0.6) is 5.88 Å². The van der Waals surface area contributed by atoms with Gasteiger partial charge in [-0.15, -0.1) is 16.8 Å². The second kappa shape index (κ2) is 21.8. The van der Waals surface area contributed by atoms with E-state index in [1.165, 1.54) is 47.6 Å². The Morgan fingerprint density at radius 1 is 0.732 bits per heavy atom. The number of halogens is 6. The van der Waals surface area contributed by atoms with E-state index in [9.17, 15) is 9.59 Å². The normalized spacial score (nSPS) is 13.7. The maximum Gasteiger partial charge on any atom is 0.426 e. The summed E-state index contributed by atoms with van der Waals surface area (Å²) in [6, 6.07) is 37.7. The van der Waals surface area contributed by atoms with Crippen molar-refractivity contribution in [1.82, 2.24) is 15.2 Å². The van der Waals surface area contributed by atoms with E-state index in [2.05, 4.69) is 21.8 Å². The number of imide groups is 1. The van der Waals surface area contributed by atoms with Gasteiger partial charge in [0.25, 0.3) is 11.8 Å². The molecule has 2 heterocycles. The van der Waals surface area contributed by atoms with Crippen LogP contribution >= 0.6 is 7.26 Å². The molecule has 0 N–H and O–H groups in total. The molecular formula is C53H56F6N4O7P+. The predicted molar refractivity (Wildman–Crippen MR) is 261 cm³/mol. The molecule has 18 heteroatoms. The molecule has 0 saturated carbocycles. The largest absolute Gasteiger partial charge is 0.474 e. The number of nitrogens with zero attached hydrogens (tertiary/aromatic N) is 4. The second-order valence-electron chi connectivity index (χ2n) is 18.6. The van der Waals surface area contributed by atoms with Gasteiger partial charge in [0, 0.05) is 6.42 Å². The lowest BCUT2D eigenvalue weighted by Gasteiger charge is -2.32. The van der Waals surface area contributed by atoms with Crippen LogP contribution in [0, 0.1) is 0 Å². The van der Waals surface area contributed by atoms with E-state index in [0.717, 1.165) is 15.9 Å². The first-order valence-electron chi connectivity index (χ1n) is 22.7. The molecule has 376 valence electrons. The van der Waals surface area contributed by atoms with Crippen molar-refractivity contribution < 1.29 is 59.3 Å². The number of benzene rings is 4. The number of ether oxygens (including phenoxy) is 4. The van der Waals surface area contributed by atoms with Gasteiger partial charge in [0.1, 0.15) is 46.0 Å². The minimum atomic E-state index is -5.28. The van der Waals surface area contributed by atoms with Crippen molar-refractivity contribution >= 4 is 41.0 Å². The first-order chi connectivity index (χ1) is 33.4. The van der Waals surface area contributed by atoms with Crippen molar-refractivity contribution in [2.45, 2.75) is 110 Å². The summed E-state index contributed by atoms with van der Waals surface area (Å²) in [6.45, 7) is 13.2. The Morgan fingerprint density at radius 3 is 1.65 bits per heavy atom. The highest BCUT2D eigenvalue weighted by atomic mass is 31.2. The number of hydrogen-bond donors (Lipinski definition) is 0. The molecule has 11 nitrogen and oxygen atoms in total. The number of anilines is 1. The molecule has 2 amide bonds. The van der Waals surface area contributed by atoms with E-state index >= 15 is 26.3 Å². The lowest BCUT2D eigenvalue weighted by Crippen LogP contribution is -2.45. The fourth-order valence-electron chi connectivity index (χ4n) is 7.65. The van der Waals surface area contributed by atoms with Crippen LogP contribution in [0.15, 0.2) is 144 Å². The van der Waals surface area contributed by atoms with Gasteiger partial charge < -0.3 is 23.4 Å². The smallest absolute Gasteiger partial charge is 0.426 e. The van der Waals surface area contributed by atoms with Gasteiger partial charge in [0.2, 0.25) is 11.5 Å². The van der Waals surface area contributed by atoms with Gasteiger partial charge in [0.15, 0.2) is 5.69 Å². The van der Waals surface area contributed by atoms with Crippen molar-refractivity contribution in [2.75, 3.05) is 11.1 Å². The average molecular weight is 1010 g/mol. The number of allylic oxidation sites excluding steroid dienone is 1. The highest BCUT2D eigenvalue weighted by Gasteiger charge is 2.61. The standard InChI is InChI=1S/C53H56F6N4O7P/c1-9-10-32-51(53(57,58)59,66-35-37-23-15-11-16-24-37)46-62-61-45(68-46)43-42(63(47(64)69-49(3,4)5)48(65)70-50(6,7)8)34-41(52(54,55)56)44(60-43)67-36(2)31-33-71(38-25-17-12-18-26-38,39-27-19-13-20-28-39)40-29-21-14-22-30-40/h9,11-30,34,36H,1,10,31-33,35H2,2-8H3/q+1/t36-,51?/m1/s1. The summed E-state index contributed by atoms with van der Waals surface area (Å²) in [7, 11) is -2.53. The molecule has 2 aromatic heterocycles. The molecule has 0 spiro atoms. The van der Waals surface area contributed by atoms with Gasteiger partial charge in [0.05, 0.1) is 18.5 Å². The van der Waals surface area contributed by atoms with Crippen LogP contribution in [0.4, 0.5) is 41.6 Å². The number of amides is 2. The van der Waals surface area contributed by atoms with E-state index in [-0.39, 0.29) is 17.7 Å². The number of carbonyl (C=O) groups excluding carboxylic acids is 2. The molecule has 0 bridgehead atoms. The van der Waals surface area contributed by atoms with Gasteiger partial charge >= 0.3 is 24.5 Å². The molecule has 1 unspecified atom stereocenters. The molecule has 6 aromatic rings. The number of aromatic nitrogens is 3. The van der Waals surface area contributed by atoms with Crippen molar-refractivity contribution in [3.63, 3.8) is 0 Å². The zero-order chi connectivity index (χ0) is 51.8. The lowest BCUT2D eigenvalue weighted by atomic mass is 9.96. The Balaban J connectivity index is 1.55. The van der Waals surface area contributed by atoms with Gasteiger partial charge in [-0.25, -0.2) is 14.6 Å². The molecule has 0 aliphatic heterocycles. The average Bonchev–Trinajstić information content (AvgIpc) is 3.80. The fraction of sp³-hybridized carbons (Fsp3) is 0.340. The highest BCUT2D eigenvalue weighted by molar-refractivity contribution is 7.95. The van der Waals surface area contributed by atoms with E-state index in [1.807, 2.05) is 91.0 Å². The number of hydrogen-bond acceptors (Lipinski definition) is 10. The first kappa shape index (κ1) is 53.8. The Morgan fingerprint density at radius 2 is 1.21 bits per heavy atom. The van der Waals surface area contributed by atoms with Crippen molar-refractivity contribution in [2.24, 2.45) is 0 Å². The molecule has 0 aliphatic carbocycles. The van der Waals surface area contributed by atoms with Crippen LogP contribution in [-0.2, 0) is 32.6 Å². The van der Waals surface area contributed by atoms with E-state index in [0.29, 0.717) is 17.8 Å². The molecule has 4 aromatic carbocycles. The number of carbonyl (C=O) groups is 2. The van der Waals surface area contributed by atoms with Crippen LogP contribution in [-0.4, -0.2) is 57.0 Å². The summed E-state index contributed by atoms with van der Waals surface area (Å²) in [5, 5.41) is 10.7. The molecule has 0 radical (unpaired) electrons. The van der Waals surface area contributed by atoms with E-state index < -0.39 is 102 Å². The minimum absolute atomic E-state index is 0.143. The topological polar surface area (TPSA) is 126 Å². The van der Waals surface area contributed by atoms with Gasteiger partial charge in [-0.3, -0.25) is 0 Å². The minimum Gasteiger partial charge on any atom is -0.474 e. The quantitative estimate of drug-likeness (QED) is 0.0495. The summed E-state index contributed by atoms with van der Waals surface area (Å²) >= 11 is 0. The SMILES string of the molecule is C=CCCC(OCc1ccccc1)(c1nnc(-c2nc(O[C@H](C)CC[P+](c3ccccc3)(c3ccccc3)c3ccccc3)c(C(F)(F)F)cc2N(C(=O)OC(C)(C)C)C(=O)OC(C)(C)C)o1)C(F)(F)F. The van der Waals surface area contributed by atoms with Gasteiger partial charge in [-0.2, -0.15) is 31.2 Å². The fourth-order valence-corrected chi connectivity index (χ4v) is 12.1. The summed E-state index contributed by atoms with van der Waals surface area (Å²) in [4.78, 5) is 32.5. The highest BCUT2D eigenvalue weighted by Crippen LogP contribution is 2.56. The third-order valence-electron chi connectivity index (χ3n) is 10.9. The van der Waals surface area contributed by atoms with E-state index in [4.69, 9.17) is 23.4 Å². The van der Waals surface area contributed by atoms with Crippen molar-refractivity contribution in [1.29, 1.82) is 0 Å². The first-order valence-corrected chi connectivity index (χ1v) is 24.7. The molecule has 2 atom stereocenters. The Kier molecular flexibility index (Phi) is 16.5. The zero-order valence-corrected chi connectivity index (χ0v) is 41.3. The van der Waals surface area contributed by atoms with Gasteiger partial charge in [-0.1, -0.05) is 91.0 Å².